The van der Waals surface area contributed by atoms with Gasteiger partial charge in [0.2, 0.25) is 0 Å². The van der Waals surface area contributed by atoms with Crippen LogP contribution in [0, 0.1) is 0 Å². The highest BCUT2D eigenvalue weighted by Crippen LogP contribution is 2.47. The summed E-state index contributed by atoms with van der Waals surface area (Å²) in [4.78, 5) is 4.73. The monoisotopic (exact) mass is 1510 g/mol. The number of hydrogen-bond acceptors (Lipinski definition) is 4. The van der Waals surface area contributed by atoms with Crippen molar-refractivity contribution in [3.63, 3.8) is 0 Å². The third kappa shape index (κ3) is 12.8. The summed E-state index contributed by atoms with van der Waals surface area (Å²) >= 11 is 0. The summed E-state index contributed by atoms with van der Waals surface area (Å²) in [6.45, 7) is 13.5. The van der Waals surface area contributed by atoms with Crippen LogP contribution in [-0.4, -0.2) is 0 Å². The number of furan rings is 2. The number of benzene rings is 19. The van der Waals surface area contributed by atoms with Gasteiger partial charge in [-0.2, -0.15) is 0 Å². The highest BCUT2D eigenvalue weighted by molar-refractivity contribution is 6.13. The van der Waals surface area contributed by atoms with Crippen molar-refractivity contribution in [1.82, 2.24) is 0 Å². The summed E-state index contributed by atoms with van der Waals surface area (Å²) in [6, 6.07) is 147. The Labute approximate surface area is 688 Å². The van der Waals surface area contributed by atoms with E-state index in [1.165, 1.54) is 93.2 Å². The van der Waals surface area contributed by atoms with E-state index < -0.39 is 0 Å². The summed E-state index contributed by atoms with van der Waals surface area (Å²) in [5, 5.41) is 14.3. The predicted molar refractivity (Wildman–Crippen MR) is 501 cm³/mol. The molecule has 2 aromatic heterocycles. The van der Waals surface area contributed by atoms with E-state index in [9.17, 15) is 0 Å². The molecule has 0 saturated heterocycles. The fraction of sp³-hybridized carbons (Fsp3) is 0.0702. The second-order valence-corrected chi connectivity index (χ2v) is 33.5. The maximum Gasteiger partial charge on any atom is 0.143 e. The lowest BCUT2D eigenvalue weighted by molar-refractivity contribution is 0.572. The Balaban J connectivity index is 0.573. The molecule has 0 aliphatic rings. The molecule has 0 unspecified atom stereocenters. The molecule has 0 spiro atoms. The average Bonchev–Trinajstić information content (AvgIpc) is 1.53. The van der Waals surface area contributed by atoms with E-state index in [2.05, 4.69) is 452 Å². The van der Waals surface area contributed by atoms with E-state index in [4.69, 9.17) is 8.83 Å². The molecule has 0 bridgehead atoms. The zero-order valence-electron chi connectivity index (χ0n) is 66.8. The van der Waals surface area contributed by atoms with Crippen LogP contribution >= 0.6 is 0 Å². The van der Waals surface area contributed by atoms with Gasteiger partial charge in [0, 0.05) is 77.9 Å². The molecule has 19 aromatic carbocycles. The topological polar surface area (TPSA) is 32.8 Å². The molecule has 0 aliphatic carbocycles. The van der Waals surface area contributed by atoms with Crippen molar-refractivity contribution in [2.24, 2.45) is 0 Å². The first-order valence-corrected chi connectivity index (χ1v) is 41.0. The summed E-state index contributed by atoms with van der Waals surface area (Å²) in [5.74, 6) is 0. The molecule has 0 radical (unpaired) electrons. The maximum absolute atomic E-state index is 6.88. The van der Waals surface area contributed by atoms with Crippen LogP contribution in [0.2, 0.25) is 0 Å². The van der Waals surface area contributed by atoms with Gasteiger partial charge in [0.25, 0.3) is 0 Å². The van der Waals surface area contributed by atoms with Crippen LogP contribution in [0.15, 0.2) is 409 Å². The minimum atomic E-state index is -0.0709. The quantitative estimate of drug-likeness (QED) is 0.109. The minimum absolute atomic E-state index is 0.0663. The summed E-state index contributed by atoms with van der Waals surface area (Å²) < 4.78 is 13.8. The van der Waals surface area contributed by atoms with Crippen LogP contribution in [0.1, 0.15) is 52.7 Å². The number of rotatable bonds is 14. The van der Waals surface area contributed by atoms with Gasteiger partial charge < -0.3 is 18.6 Å². The van der Waals surface area contributed by atoms with Gasteiger partial charge in [-0.3, -0.25) is 0 Å². The molecule has 0 fully saturated rings. The molecule has 562 valence electrons. The molecule has 21 rings (SSSR count). The van der Waals surface area contributed by atoms with Crippen LogP contribution in [0.25, 0.3) is 176 Å². The van der Waals surface area contributed by atoms with Gasteiger partial charge in [-0.05, 0) is 223 Å². The Morgan fingerprint density at radius 2 is 0.424 bits per heavy atom. The van der Waals surface area contributed by atoms with Gasteiger partial charge in [-0.15, -0.1) is 0 Å². The van der Waals surface area contributed by atoms with Crippen LogP contribution < -0.4 is 9.80 Å². The molecule has 118 heavy (non-hydrogen) atoms. The SMILES string of the molecule is CC(C)(C)c1cccc2c1oc1c(-c3ccc(N(c4ccc(-c5ccc(-c6cccc7ccccc67)cc5)cc4)c4ccc(-c5ccc6c(-c7cccc8cc(-c9ccc(N(c%10ccc(-c%11ccc%12ccccc%12c%11)cc%10)c%10ccc(-c%11cccc%12c%11oc%11c(C(C)(C)C)cccc%11%12)cc%10)cc9)ccc78)cccc6c5)cc4)cc3)cccc12. The molecule has 0 atom stereocenters. The van der Waals surface area contributed by atoms with Crippen molar-refractivity contribution in [1.29, 1.82) is 0 Å². The van der Waals surface area contributed by atoms with Gasteiger partial charge in [0.15, 0.2) is 0 Å². The average molecular weight is 1510 g/mol. The zero-order valence-corrected chi connectivity index (χ0v) is 66.8. The van der Waals surface area contributed by atoms with Gasteiger partial charge in [-0.1, -0.05) is 351 Å². The Morgan fingerprint density at radius 1 is 0.169 bits per heavy atom. The molecular weight excluding hydrogens is 1430 g/mol. The van der Waals surface area contributed by atoms with E-state index in [-0.39, 0.29) is 10.8 Å². The Bertz CT molecular complexity index is 7440. The standard InChI is InChI=1S/C114H84N2O2/c1-113(2,3)107-34-16-32-105-103-30-14-26-99(109(103)117-111(105)107)81-50-64-93(65-51-81)115(89-56-42-75(43-57-89)74-36-39-80(40-37-74)96-25-11-21-79-19-9-10-24-95(79)96)91-60-46-77(47-61-91)85-54-68-97-87(71-85)22-12-28-101(97)102-29-13-23-88-72-86(55-69-98(88)102)78-48-62-92(63-49-78)116(90-58-44-76(45-59-90)84-41-38-73-18-7-8-20-83(73)70-84)94-66-52-82(53-67-94)100-27-15-31-104-106-33-17-35-108(114(4,5)6)112(106)118-110(100)104/h7-72H,1-6H3. The first-order valence-electron chi connectivity index (χ1n) is 41.0. The molecule has 0 amide bonds. The largest absolute Gasteiger partial charge is 0.455 e. The third-order valence-electron chi connectivity index (χ3n) is 24.2. The number of anilines is 6. The maximum atomic E-state index is 6.88. The van der Waals surface area contributed by atoms with Crippen molar-refractivity contribution < 1.29 is 8.83 Å². The Hall–Kier alpha value is -14.6. The highest BCUT2D eigenvalue weighted by Gasteiger charge is 2.26. The Kier molecular flexibility index (Phi) is 17.4. The van der Waals surface area contributed by atoms with Crippen LogP contribution in [0.5, 0.6) is 0 Å². The number of nitrogens with zero attached hydrogens (tertiary/aromatic N) is 2. The normalized spacial score (nSPS) is 12.0. The van der Waals surface area contributed by atoms with Crippen molar-refractivity contribution >= 4 is 121 Å². The lowest BCUT2D eigenvalue weighted by Crippen LogP contribution is -2.10. The molecule has 2 heterocycles. The van der Waals surface area contributed by atoms with Gasteiger partial charge in [-0.25, -0.2) is 0 Å². The van der Waals surface area contributed by atoms with Gasteiger partial charge >= 0.3 is 0 Å². The summed E-state index contributed by atoms with van der Waals surface area (Å²) in [6.07, 6.45) is 0. The fourth-order valence-corrected chi connectivity index (χ4v) is 18.0. The summed E-state index contributed by atoms with van der Waals surface area (Å²) in [5.41, 5.74) is 30.9. The van der Waals surface area contributed by atoms with Crippen molar-refractivity contribution in [2.75, 3.05) is 9.80 Å². The molecule has 0 N–H and O–H groups in total. The van der Waals surface area contributed by atoms with E-state index >= 15 is 0 Å². The molecule has 0 saturated carbocycles. The zero-order chi connectivity index (χ0) is 79.3. The summed E-state index contributed by atoms with van der Waals surface area (Å²) in [7, 11) is 0. The molecular formula is C114H84N2O2. The molecule has 21 aromatic rings. The lowest BCUT2D eigenvalue weighted by atomic mass is 9.86. The lowest BCUT2D eigenvalue weighted by Gasteiger charge is -2.26. The second kappa shape index (κ2) is 28.8. The first kappa shape index (κ1) is 71.2. The van der Waals surface area contributed by atoms with E-state index in [0.717, 1.165) is 128 Å². The molecule has 4 heteroatoms. The van der Waals surface area contributed by atoms with Gasteiger partial charge in [0.05, 0.1) is 0 Å². The number of hydrogen-bond donors (Lipinski definition) is 0. The van der Waals surface area contributed by atoms with E-state index in [1.807, 2.05) is 0 Å². The van der Waals surface area contributed by atoms with Crippen molar-refractivity contribution in [3.8, 4) is 89.0 Å². The van der Waals surface area contributed by atoms with Crippen LogP contribution in [0.4, 0.5) is 34.1 Å². The predicted octanol–water partition coefficient (Wildman–Crippen LogP) is 33.0. The first-order chi connectivity index (χ1) is 57.7. The second-order valence-electron chi connectivity index (χ2n) is 33.5. The van der Waals surface area contributed by atoms with Crippen molar-refractivity contribution in [3.05, 3.63) is 412 Å². The van der Waals surface area contributed by atoms with Crippen LogP contribution in [-0.2, 0) is 10.8 Å². The Morgan fingerprint density at radius 3 is 0.839 bits per heavy atom. The van der Waals surface area contributed by atoms with Crippen LogP contribution in [0.3, 0.4) is 0 Å². The number of fused-ring (bicyclic) bond motifs is 10. The van der Waals surface area contributed by atoms with E-state index in [1.54, 1.807) is 0 Å². The number of para-hydroxylation sites is 4. The third-order valence-corrected chi connectivity index (χ3v) is 24.2. The molecule has 0 aliphatic heterocycles. The van der Waals surface area contributed by atoms with Gasteiger partial charge in [0.1, 0.15) is 22.3 Å². The fourth-order valence-electron chi connectivity index (χ4n) is 18.0. The highest BCUT2D eigenvalue weighted by atomic mass is 16.3. The van der Waals surface area contributed by atoms with Crippen molar-refractivity contribution in [2.45, 2.75) is 52.4 Å². The van der Waals surface area contributed by atoms with E-state index in [0.29, 0.717) is 0 Å². The molecule has 4 nitrogen and oxygen atoms in total. The minimum Gasteiger partial charge on any atom is -0.455 e. The smallest absolute Gasteiger partial charge is 0.143 e.